The number of carbonyl (C=O) groups is 1. The SMILES string of the molecule is CCN(CC)CCCNS(=O)(=O)c1cccc(Nc2cc(C(=O)Nc3ccncc3)ccn2)c1. The second-order valence-corrected chi connectivity index (χ2v) is 9.32. The second-order valence-electron chi connectivity index (χ2n) is 7.55. The number of anilines is 3. The van der Waals surface area contributed by atoms with E-state index in [4.69, 9.17) is 0 Å². The highest BCUT2D eigenvalue weighted by Gasteiger charge is 2.14. The van der Waals surface area contributed by atoms with Crippen molar-refractivity contribution in [3.05, 3.63) is 72.7 Å². The molecule has 1 aromatic carbocycles. The molecule has 0 atom stereocenters. The minimum absolute atomic E-state index is 0.159. The molecular weight excluding hydrogens is 452 g/mol. The summed E-state index contributed by atoms with van der Waals surface area (Å²) in [7, 11) is -3.64. The lowest BCUT2D eigenvalue weighted by molar-refractivity contribution is 0.102. The minimum atomic E-state index is -3.64. The monoisotopic (exact) mass is 482 g/mol. The van der Waals surface area contributed by atoms with Crippen LogP contribution in [-0.4, -0.2) is 55.4 Å². The summed E-state index contributed by atoms with van der Waals surface area (Å²) in [5, 5.41) is 5.86. The third kappa shape index (κ3) is 7.34. The molecule has 0 aliphatic rings. The van der Waals surface area contributed by atoms with Crippen LogP contribution in [-0.2, 0) is 10.0 Å². The fourth-order valence-electron chi connectivity index (χ4n) is 3.30. The highest BCUT2D eigenvalue weighted by atomic mass is 32.2. The first kappa shape index (κ1) is 25.3. The number of pyridine rings is 2. The molecule has 3 rings (SSSR count). The summed E-state index contributed by atoms with van der Waals surface area (Å²) >= 11 is 0. The Morgan fingerprint density at radius 1 is 0.971 bits per heavy atom. The number of hydrogen-bond acceptors (Lipinski definition) is 7. The van der Waals surface area contributed by atoms with E-state index in [1.165, 1.54) is 12.3 Å². The van der Waals surface area contributed by atoms with Gasteiger partial charge in [-0.2, -0.15) is 0 Å². The maximum Gasteiger partial charge on any atom is 0.255 e. The number of benzene rings is 1. The van der Waals surface area contributed by atoms with Gasteiger partial charge in [0, 0.05) is 42.1 Å². The first-order chi connectivity index (χ1) is 16.4. The van der Waals surface area contributed by atoms with E-state index in [-0.39, 0.29) is 10.8 Å². The van der Waals surface area contributed by atoms with Crippen LogP contribution < -0.4 is 15.4 Å². The summed E-state index contributed by atoms with van der Waals surface area (Å²) in [5.74, 6) is 0.131. The van der Waals surface area contributed by atoms with Gasteiger partial charge >= 0.3 is 0 Å². The Bertz CT molecular complexity index is 1180. The van der Waals surface area contributed by atoms with Crippen LogP contribution in [0.2, 0.25) is 0 Å². The van der Waals surface area contributed by atoms with Gasteiger partial charge in [-0.1, -0.05) is 19.9 Å². The summed E-state index contributed by atoms with van der Waals surface area (Å²) in [6.45, 7) is 7.27. The van der Waals surface area contributed by atoms with Gasteiger partial charge in [0.25, 0.3) is 5.91 Å². The topological polar surface area (TPSA) is 116 Å². The third-order valence-electron chi connectivity index (χ3n) is 5.21. The van der Waals surface area contributed by atoms with Crippen LogP contribution in [0.4, 0.5) is 17.2 Å². The van der Waals surface area contributed by atoms with Gasteiger partial charge in [0.15, 0.2) is 0 Å². The van der Waals surface area contributed by atoms with Gasteiger partial charge in [0.1, 0.15) is 5.82 Å². The molecule has 0 radical (unpaired) electrons. The molecule has 0 unspecified atom stereocenters. The fourth-order valence-corrected chi connectivity index (χ4v) is 4.42. The zero-order valence-corrected chi connectivity index (χ0v) is 20.2. The molecule has 2 heterocycles. The lowest BCUT2D eigenvalue weighted by Crippen LogP contribution is -2.30. The lowest BCUT2D eigenvalue weighted by Gasteiger charge is -2.17. The van der Waals surface area contributed by atoms with E-state index in [9.17, 15) is 13.2 Å². The highest BCUT2D eigenvalue weighted by molar-refractivity contribution is 7.89. The molecule has 3 N–H and O–H groups in total. The first-order valence-electron chi connectivity index (χ1n) is 11.2. The van der Waals surface area contributed by atoms with Crippen LogP contribution in [0.5, 0.6) is 0 Å². The van der Waals surface area contributed by atoms with Crippen molar-refractivity contribution in [1.29, 1.82) is 0 Å². The van der Waals surface area contributed by atoms with E-state index in [2.05, 4.69) is 44.1 Å². The van der Waals surface area contributed by atoms with Gasteiger partial charge in [0.2, 0.25) is 10.0 Å². The van der Waals surface area contributed by atoms with Crippen molar-refractivity contribution in [2.75, 3.05) is 36.8 Å². The number of hydrogen-bond donors (Lipinski definition) is 3. The van der Waals surface area contributed by atoms with Crippen molar-refractivity contribution in [1.82, 2.24) is 19.6 Å². The number of nitrogens with one attached hydrogen (secondary N) is 3. The van der Waals surface area contributed by atoms with E-state index in [1.54, 1.807) is 54.9 Å². The fraction of sp³-hybridized carbons (Fsp3) is 0.292. The Balaban J connectivity index is 1.63. The third-order valence-corrected chi connectivity index (χ3v) is 6.67. The maximum atomic E-state index is 12.7. The van der Waals surface area contributed by atoms with Gasteiger partial charge in [0.05, 0.1) is 4.90 Å². The van der Waals surface area contributed by atoms with Crippen molar-refractivity contribution in [3.63, 3.8) is 0 Å². The molecule has 0 fully saturated rings. The number of rotatable bonds is 12. The molecule has 0 aliphatic carbocycles. The standard InChI is InChI=1S/C24H30N6O3S/c1-3-30(4-2)16-6-12-27-34(32,33)22-8-5-7-21(18-22)28-23-17-19(9-15-26-23)24(31)29-20-10-13-25-14-11-20/h5,7-11,13-15,17-18,27H,3-4,6,12,16H2,1-2H3,(H,26,28)(H,25,29,31). The van der Waals surface area contributed by atoms with Crippen molar-refractivity contribution < 1.29 is 13.2 Å². The molecule has 2 aromatic heterocycles. The molecule has 0 saturated heterocycles. The maximum absolute atomic E-state index is 12.7. The highest BCUT2D eigenvalue weighted by Crippen LogP contribution is 2.20. The summed E-state index contributed by atoms with van der Waals surface area (Å²) < 4.78 is 28.1. The Hall–Kier alpha value is -3.34. The van der Waals surface area contributed by atoms with E-state index in [1.807, 2.05) is 0 Å². The molecule has 0 aliphatic heterocycles. The Labute approximate surface area is 200 Å². The molecule has 34 heavy (non-hydrogen) atoms. The van der Waals surface area contributed by atoms with Gasteiger partial charge in [-0.25, -0.2) is 18.1 Å². The molecule has 1 amide bonds. The van der Waals surface area contributed by atoms with Crippen LogP contribution >= 0.6 is 0 Å². The predicted octanol–water partition coefficient (Wildman–Crippen LogP) is 3.48. The summed E-state index contributed by atoms with van der Waals surface area (Å²) in [6, 6.07) is 13.1. The summed E-state index contributed by atoms with van der Waals surface area (Å²) in [6.07, 6.45) is 5.44. The van der Waals surface area contributed by atoms with Crippen molar-refractivity contribution in [2.24, 2.45) is 0 Å². The molecule has 10 heteroatoms. The number of carbonyl (C=O) groups excluding carboxylic acids is 1. The largest absolute Gasteiger partial charge is 0.340 e. The average Bonchev–Trinajstić information content (AvgIpc) is 2.85. The van der Waals surface area contributed by atoms with E-state index < -0.39 is 10.0 Å². The van der Waals surface area contributed by atoms with Crippen molar-refractivity contribution in [3.8, 4) is 0 Å². The Kier molecular flexibility index (Phi) is 9.08. The Morgan fingerprint density at radius 3 is 2.47 bits per heavy atom. The molecule has 0 saturated carbocycles. The average molecular weight is 483 g/mol. The Morgan fingerprint density at radius 2 is 1.74 bits per heavy atom. The molecule has 9 nitrogen and oxygen atoms in total. The number of nitrogens with zero attached hydrogens (tertiary/aromatic N) is 3. The normalized spacial score (nSPS) is 11.4. The number of aromatic nitrogens is 2. The zero-order valence-electron chi connectivity index (χ0n) is 19.4. The van der Waals surface area contributed by atoms with E-state index in [0.29, 0.717) is 29.3 Å². The van der Waals surface area contributed by atoms with E-state index in [0.717, 1.165) is 26.1 Å². The van der Waals surface area contributed by atoms with Gasteiger partial charge in [-0.15, -0.1) is 0 Å². The zero-order chi connectivity index (χ0) is 24.4. The van der Waals surface area contributed by atoms with Crippen LogP contribution in [0.25, 0.3) is 0 Å². The first-order valence-corrected chi connectivity index (χ1v) is 12.7. The molecule has 0 bridgehead atoms. The number of sulfonamides is 1. The van der Waals surface area contributed by atoms with Gasteiger partial charge in [-0.05, 0) is 68.5 Å². The van der Waals surface area contributed by atoms with Crippen LogP contribution in [0.3, 0.4) is 0 Å². The molecular formula is C24H30N6O3S. The quantitative estimate of drug-likeness (QED) is 0.338. The van der Waals surface area contributed by atoms with Crippen molar-refractivity contribution in [2.45, 2.75) is 25.2 Å². The van der Waals surface area contributed by atoms with Crippen LogP contribution in [0.1, 0.15) is 30.6 Å². The van der Waals surface area contributed by atoms with Gasteiger partial charge < -0.3 is 15.5 Å². The minimum Gasteiger partial charge on any atom is -0.340 e. The molecule has 180 valence electrons. The van der Waals surface area contributed by atoms with E-state index >= 15 is 0 Å². The molecule has 3 aromatic rings. The van der Waals surface area contributed by atoms with Gasteiger partial charge in [-0.3, -0.25) is 9.78 Å². The number of amides is 1. The van der Waals surface area contributed by atoms with Crippen LogP contribution in [0.15, 0.2) is 72.0 Å². The summed E-state index contributed by atoms with van der Waals surface area (Å²) in [4.78, 5) is 23.1. The molecule has 0 spiro atoms. The smallest absolute Gasteiger partial charge is 0.255 e. The predicted molar refractivity (Wildman–Crippen MR) is 134 cm³/mol. The van der Waals surface area contributed by atoms with Crippen LogP contribution in [0, 0.1) is 0 Å². The second kappa shape index (κ2) is 12.2. The van der Waals surface area contributed by atoms with Crippen molar-refractivity contribution >= 4 is 33.1 Å². The lowest BCUT2D eigenvalue weighted by atomic mass is 10.2. The summed E-state index contributed by atoms with van der Waals surface area (Å²) in [5.41, 5.74) is 1.59.